The summed E-state index contributed by atoms with van der Waals surface area (Å²) in [5.41, 5.74) is 6.56. The summed E-state index contributed by atoms with van der Waals surface area (Å²) < 4.78 is 4.95. The van der Waals surface area contributed by atoms with E-state index in [1.807, 2.05) is 48.5 Å². The molecule has 2 amide bonds. The van der Waals surface area contributed by atoms with Gasteiger partial charge in [0.1, 0.15) is 0 Å². The van der Waals surface area contributed by atoms with E-state index in [0.29, 0.717) is 18.0 Å². The first-order valence-electron chi connectivity index (χ1n) is 10.3. The summed E-state index contributed by atoms with van der Waals surface area (Å²) in [6.45, 7) is 2.63. The van der Waals surface area contributed by atoms with E-state index in [1.54, 1.807) is 25.1 Å². The molecular formula is C24H21N5O3. The first-order chi connectivity index (χ1) is 15.5. The van der Waals surface area contributed by atoms with Gasteiger partial charge < -0.3 is 14.6 Å². The zero-order valence-corrected chi connectivity index (χ0v) is 17.7. The Morgan fingerprint density at radius 3 is 2.78 bits per heavy atom. The zero-order chi connectivity index (χ0) is 22.2. The standard InChI is InChI=1S/C24H21N5O3/c1-3-32-24(31)28-23-26-20-12-16(11-18(21(20)27-23)19-6-4-5-9-25-19)14-7-8-15-13-29(2)22(30)17(15)10-14/h4-12H,3,13H2,1-2H3,(H2,26,27,28,31). The van der Waals surface area contributed by atoms with Crippen LogP contribution in [0.2, 0.25) is 0 Å². The van der Waals surface area contributed by atoms with Crippen LogP contribution in [0.25, 0.3) is 33.4 Å². The van der Waals surface area contributed by atoms with Gasteiger partial charge in [0, 0.05) is 30.9 Å². The van der Waals surface area contributed by atoms with Crippen LogP contribution in [0.1, 0.15) is 22.8 Å². The summed E-state index contributed by atoms with van der Waals surface area (Å²) in [6, 6.07) is 15.6. The Bertz CT molecular complexity index is 1350. The number of anilines is 1. The fourth-order valence-corrected chi connectivity index (χ4v) is 3.95. The molecule has 0 bridgehead atoms. The number of rotatable bonds is 4. The van der Waals surface area contributed by atoms with E-state index in [9.17, 15) is 9.59 Å². The molecular weight excluding hydrogens is 406 g/mol. The van der Waals surface area contributed by atoms with Gasteiger partial charge in [0.15, 0.2) is 0 Å². The molecule has 2 aromatic heterocycles. The molecule has 4 aromatic rings. The predicted octanol–water partition coefficient (Wildman–Crippen LogP) is 4.45. The zero-order valence-electron chi connectivity index (χ0n) is 17.7. The number of hydrogen-bond acceptors (Lipinski definition) is 5. The van der Waals surface area contributed by atoms with Crippen molar-refractivity contribution in [2.24, 2.45) is 0 Å². The first kappa shape index (κ1) is 19.7. The van der Waals surface area contributed by atoms with Crippen molar-refractivity contribution in [3.8, 4) is 22.4 Å². The van der Waals surface area contributed by atoms with Gasteiger partial charge in [-0.15, -0.1) is 0 Å². The van der Waals surface area contributed by atoms with Crippen molar-refractivity contribution in [2.75, 3.05) is 19.0 Å². The second kappa shape index (κ2) is 7.81. The summed E-state index contributed by atoms with van der Waals surface area (Å²) in [4.78, 5) is 38.2. The van der Waals surface area contributed by atoms with Gasteiger partial charge in [-0.2, -0.15) is 0 Å². The third-order valence-corrected chi connectivity index (χ3v) is 5.45. The summed E-state index contributed by atoms with van der Waals surface area (Å²) in [7, 11) is 1.80. The van der Waals surface area contributed by atoms with E-state index in [0.717, 1.165) is 39.0 Å². The molecule has 0 spiro atoms. The second-order valence-corrected chi connectivity index (χ2v) is 7.60. The summed E-state index contributed by atoms with van der Waals surface area (Å²) in [5, 5.41) is 2.62. The molecule has 0 atom stereocenters. The predicted molar refractivity (Wildman–Crippen MR) is 121 cm³/mol. The molecule has 1 aliphatic heterocycles. The highest BCUT2D eigenvalue weighted by Crippen LogP contribution is 2.34. The highest BCUT2D eigenvalue weighted by Gasteiger charge is 2.25. The maximum Gasteiger partial charge on any atom is 0.413 e. The number of hydrogen-bond donors (Lipinski definition) is 2. The molecule has 0 saturated heterocycles. The van der Waals surface area contributed by atoms with Crippen LogP contribution in [0.3, 0.4) is 0 Å². The second-order valence-electron chi connectivity index (χ2n) is 7.60. The number of nitrogens with one attached hydrogen (secondary N) is 2. The molecule has 2 aromatic carbocycles. The smallest absolute Gasteiger partial charge is 0.413 e. The average Bonchev–Trinajstić information content (AvgIpc) is 3.33. The van der Waals surface area contributed by atoms with Gasteiger partial charge in [-0.25, -0.2) is 9.78 Å². The lowest BCUT2D eigenvalue weighted by Gasteiger charge is -2.08. The van der Waals surface area contributed by atoms with Gasteiger partial charge in [0.25, 0.3) is 5.91 Å². The van der Waals surface area contributed by atoms with Crippen molar-refractivity contribution >= 4 is 29.0 Å². The number of fused-ring (bicyclic) bond motifs is 2. The minimum Gasteiger partial charge on any atom is -0.450 e. The maximum atomic E-state index is 12.5. The minimum absolute atomic E-state index is 0.0235. The molecule has 0 unspecified atom stereocenters. The van der Waals surface area contributed by atoms with Gasteiger partial charge in [-0.05, 0) is 53.9 Å². The Morgan fingerprint density at radius 1 is 1.16 bits per heavy atom. The number of imidazole rings is 1. The van der Waals surface area contributed by atoms with Crippen LogP contribution in [0.4, 0.5) is 10.7 Å². The Balaban J connectivity index is 1.64. The topological polar surface area (TPSA) is 100 Å². The van der Waals surface area contributed by atoms with Crippen LogP contribution in [0, 0.1) is 0 Å². The van der Waals surface area contributed by atoms with Gasteiger partial charge in [0.05, 0.1) is 23.3 Å². The van der Waals surface area contributed by atoms with Crippen LogP contribution in [0.15, 0.2) is 54.7 Å². The number of carbonyl (C=O) groups excluding carboxylic acids is 2. The molecule has 8 nitrogen and oxygen atoms in total. The van der Waals surface area contributed by atoms with E-state index in [2.05, 4.69) is 20.3 Å². The van der Waals surface area contributed by atoms with Crippen LogP contribution in [-0.2, 0) is 11.3 Å². The molecule has 5 rings (SSSR count). The number of aromatic nitrogens is 3. The number of carbonyl (C=O) groups is 2. The Morgan fingerprint density at radius 2 is 2.00 bits per heavy atom. The van der Waals surface area contributed by atoms with E-state index in [4.69, 9.17) is 4.74 Å². The number of aromatic amines is 1. The van der Waals surface area contributed by atoms with Crippen molar-refractivity contribution in [2.45, 2.75) is 13.5 Å². The van der Waals surface area contributed by atoms with E-state index >= 15 is 0 Å². The number of amides is 2. The molecule has 0 aliphatic carbocycles. The largest absolute Gasteiger partial charge is 0.450 e. The van der Waals surface area contributed by atoms with Gasteiger partial charge in [-0.3, -0.25) is 15.1 Å². The Labute approximate surface area is 184 Å². The van der Waals surface area contributed by atoms with Crippen LogP contribution >= 0.6 is 0 Å². The highest BCUT2D eigenvalue weighted by atomic mass is 16.5. The van der Waals surface area contributed by atoms with Crippen molar-refractivity contribution < 1.29 is 14.3 Å². The Kier molecular flexibility index (Phi) is 4.82. The molecule has 160 valence electrons. The highest BCUT2D eigenvalue weighted by molar-refractivity contribution is 6.01. The lowest BCUT2D eigenvalue weighted by molar-refractivity contribution is 0.0816. The summed E-state index contributed by atoms with van der Waals surface area (Å²) in [6.07, 6.45) is 1.15. The summed E-state index contributed by atoms with van der Waals surface area (Å²) in [5.74, 6) is 0.314. The molecule has 3 heterocycles. The van der Waals surface area contributed by atoms with Crippen molar-refractivity contribution in [1.82, 2.24) is 19.9 Å². The fourth-order valence-electron chi connectivity index (χ4n) is 3.95. The quantitative estimate of drug-likeness (QED) is 0.501. The molecule has 8 heteroatoms. The lowest BCUT2D eigenvalue weighted by Crippen LogP contribution is -2.17. The minimum atomic E-state index is -0.576. The normalized spacial score (nSPS) is 12.8. The number of pyridine rings is 1. The molecule has 32 heavy (non-hydrogen) atoms. The van der Waals surface area contributed by atoms with Gasteiger partial charge >= 0.3 is 6.09 Å². The van der Waals surface area contributed by atoms with Crippen LogP contribution < -0.4 is 5.32 Å². The van der Waals surface area contributed by atoms with Crippen molar-refractivity contribution in [3.05, 3.63) is 65.9 Å². The SMILES string of the molecule is CCOC(=O)Nc1nc2c(-c3ccccn3)cc(-c3ccc4c(c3)C(=O)N(C)C4)cc2[nH]1. The van der Waals surface area contributed by atoms with Gasteiger partial charge in [-0.1, -0.05) is 18.2 Å². The fraction of sp³-hybridized carbons (Fsp3) is 0.167. The number of H-pyrrole nitrogens is 1. The maximum absolute atomic E-state index is 12.5. The third-order valence-electron chi connectivity index (χ3n) is 5.45. The van der Waals surface area contributed by atoms with E-state index < -0.39 is 6.09 Å². The Hall–Kier alpha value is -4.20. The molecule has 0 fully saturated rings. The van der Waals surface area contributed by atoms with Crippen LogP contribution in [0.5, 0.6) is 0 Å². The lowest BCUT2D eigenvalue weighted by atomic mass is 9.97. The van der Waals surface area contributed by atoms with E-state index in [-0.39, 0.29) is 12.5 Å². The first-order valence-corrected chi connectivity index (χ1v) is 10.3. The van der Waals surface area contributed by atoms with Gasteiger partial charge in [0.2, 0.25) is 5.95 Å². The number of benzene rings is 2. The molecule has 0 saturated carbocycles. The van der Waals surface area contributed by atoms with E-state index in [1.165, 1.54) is 0 Å². The average molecular weight is 427 g/mol. The number of ether oxygens (including phenoxy) is 1. The van der Waals surface area contributed by atoms with Crippen molar-refractivity contribution in [1.29, 1.82) is 0 Å². The van der Waals surface area contributed by atoms with Crippen LogP contribution in [-0.4, -0.2) is 45.5 Å². The molecule has 0 radical (unpaired) electrons. The third kappa shape index (κ3) is 3.45. The number of nitrogens with zero attached hydrogens (tertiary/aromatic N) is 3. The molecule has 1 aliphatic rings. The monoisotopic (exact) mass is 427 g/mol. The van der Waals surface area contributed by atoms with Crippen molar-refractivity contribution in [3.63, 3.8) is 0 Å². The summed E-state index contributed by atoms with van der Waals surface area (Å²) >= 11 is 0. The molecule has 2 N–H and O–H groups in total.